The summed E-state index contributed by atoms with van der Waals surface area (Å²) in [6, 6.07) is 0. The Balaban J connectivity index is 2.01. The number of rotatable bonds is 2. The molecule has 1 saturated carbocycles. The summed E-state index contributed by atoms with van der Waals surface area (Å²) >= 11 is 1.45. The average Bonchev–Trinajstić information content (AvgIpc) is 2.64. The Morgan fingerprint density at radius 2 is 2.54 bits per heavy atom. The van der Waals surface area contributed by atoms with Gasteiger partial charge in [0.15, 0.2) is 0 Å². The van der Waals surface area contributed by atoms with Gasteiger partial charge in [0.2, 0.25) is 0 Å². The molecule has 13 heavy (non-hydrogen) atoms. The van der Waals surface area contributed by atoms with E-state index in [-0.39, 0.29) is 5.25 Å². The zero-order chi connectivity index (χ0) is 9.26. The fourth-order valence-corrected chi connectivity index (χ4v) is 2.49. The molecule has 1 fully saturated rings. The number of thioether (sulfide) groups is 1. The molecule has 0 spiro atoms. The Kier molecular flexibility index (Phi) is 2.40. The van der Waals surface area contributed by atoms with Crippen molar-refractivity contribution in [3.8, 4) is 0 Å². The molecule has 1 aromatic rings. The largest absolute Gasteiger partial charge is 0.440 e. The van der Waals surface area contributed by atoms with Crippen LogP contribution in [0.1, 0.15) is 25.0 Å². The van der Waals surface area contributed by atoms with E-state index in [2.05, 4.69) is 4.98 Å². The molecule has 1 unspecified atom stereocenters. The first-order chi connectivity index (χ1) is 6.25. The van der Waals surface area contributed by atoms with Gasteiger partial charge in [-0.15, -0.1) is 0 Å². The average molecular weight is 197 g/mol. The predicted molar refractivity (Wildman–Crippen MR) is 49.7 cm³/mol. The summed E-state index contributed by atoms with van der Waals surface area (Å²) in [5, 5.41) is 0.704. The van der Waals surface area contributed by atoms with Crippen molar-refractivity contribution in [2.24, 2.45) is 0 Å². The van der Waals surface area contributed by atoms with Crippen molar-refractivity contribution < 1.29 is 9.21 Å². The van der Waals surface area contributed by atoms with Gasteiger partial charge in [0.1, 0.15) is 12.0 Å². The molecule has 1 atom stereocenters. The third kappa shape index (κ3) is 1.94. The van der Waals surface area contributed by atoms with Crippen LogP contribution in [0, 0.1) is 6.92 Å². The standard InChI is InChI=1S/C9H11NO2S/c1-6-5-12-9(10-6)13-8-4-2-3-7(8)11/h5,8H,2-4H2,1H3. The van der Waals surface area contributed by atoms with Gasteiger partial charge in [-0.1, -0.05) is 11.8 Å². The van der Waals surface area contributed by atoms with E-state index in [0.717, 1.165) is 25.0 Å². The van der Waals surface area contributed by atoms with E-state index in [9.17, 15) is 4.79 Å². The summed E-state index contributed by atoms with van der Waals surface area (Å²) in [6.07, 6.45) is 4.31. The molecule has 0 N–H and O–H groups in total. The predicted octanol–water partition coefficient (Wildman–Crippen LogP) is 2.20. The van der Waals surface area contributed by atoms with Crippen LogP contribution in [0.5, 0.6) is 0 Å². The van der Waals surface area contributed by atoms with Crippen LogP contribution in [0.3, 0.4) is 0 Å². The number of aryl methyl sites for hydroxylation is 1. The Bertz CT molecular complexity index is 321. The Hall–Kier alpha value is -0.770. The number of oxazole rings is 1. The molecule has 0 radical (unpaired) electrons. The SMILES string of the molecule is Cc1coc(SC2CCCC2=O)n1. The molecule has 70 valence electrons. The van der Waals surface area contributed by atoms with Gasteiger partial charge in [-0.2, -0.15) is 0 Å². The van der Waals surface area contributed by atoms with Gasteiger partial charge in [0.05, 0.1) is 10.9 Å². The van der Waals surface area contributed by atoms with Gasteiger partial charge in [-0.25, -0.2) is 4.98 Å². The van der Waals surface area contributed by atoms with Crippen LogP contribution in [0.15, 0.2) is 15.9 Å². The lowest BCUT2D eigenvalue weighted by atomic mass is 10.3. The quantitative estimate of drug-likeness (QED) is 0.729. The van der Waals surface area contributed by atoms with Crippen LogP contribution >= 0.6 is 11.8 Å². The van der Waals surface area contributed by atoms with E-state index >= 15 is 0 Å². The van der Waals surface area contributed by atoms with Crippen molar-refractivity contribution >= 4 is 17.5 Å². The van der Waals surface area contributed by atoms with E-state index in [1.807, 2.05) is 6.92 Å². The van der Waals surface area contributed by atoms with Crippen LogP contribution in [-0.2, 0) is 4.79 Å². The van der Waals surface area contributed by atoms with Crippen LogP contribution in [0.4, 0.5) is 0 Å². The van der Waals surface area contributed by atoms with Crippen LogP contribution in [-0.4, -0.2) is 16.0 Å². The van der Waals surface area contributed by atoms with Crippen molar-refractivity contribution in [1.29, 1.82) is 0 Å². The minimum Gasteiger partial charge on any atom is -0.440 e. The van der Waals surface area contributed by atoms with Crippen LogP contribution < -0.4 is 0 Å². The van der Waals surface area contributed by atoms with Gasteiger partial charge >= 0.3 is 0 Å². The summed E-state index contributed by atoms with van der Waals surface area (Å²) in [7, 11) is 0. The highest BCUT2D eigenvalue weighted by Gasteiger charge is 2.26. The van der Waals surface area contributed by atoms with Crippen molar-refractivity contribution in [1.82, 2.24) is 4.98 Å². The molecule has 0 aromatic carbocycles. The first-order valence-corrected chi connectivity index (χ1v) is 5.25. The van der Waals surface area contributed by atoms with Crippen molar-refractivity contribution in [2.45, 2.75) is 36.7 Å². The third-order valence-corrected chi connectivity index (χ3v) is 3.26. The number of ketones is 1. The summed E-state index contributed by atoms with van der Waals surface area (Å²) in [5.41, 5.74) is 0.868. The van der Waals surface area contributed by atoms with E-state index in [4.69, 9.17) is 4.42 Å². The van der Waals surface area contributed by atoms with Crippen LogP contribution in [0.2, 0.25) is 0 Å². The minimum absolute atomic E-state index is 0.0815. The molecule has 2 rings (SSSR count). The summed E-state index contributed by atoms with van der Waals surface area (Å²) in [6.45, 7) is 1.88. The molecule has 1 aromatic heterocycles. The Morgan fingerprint density at radius 1 is 1.69 bits per heavy atom. The lowest BCUT2D eigenvalue weighted by Gasteiger charge is -2.01. The maximum Gasteiger partial charge on any atom is 0.256 e. The molecule has 1 heterocycles. The molecule has 0 aliphatic heterocycles. The Labute approximate surface area is 80.9 Å². The van der Waals surface area contributed by atoms with E-state index in [0.29, 0.717) is 11.0 Å². The molecule has 3 nitrogen and oxygen atoms in total. The van der Waals surface area contributed by atoms with Crippen molar-refractivity contribution in [2.75, 3.05) is 0 Å². The molecule has 0 amide bonds. The highest BCUT2D eigenvalue weighted by Crippen LogP contribution is 2.31. The Morgan fingerprint density at radius 3 is 3.08 bits per heavy atom. The maximum atomic E-state index is 11.3. The first kappa shape index (κ1) is 8.81. The van der Waals surface area contributed by atoms with Gasteiger partial charge in [-0.05, 0) is 19.8 Å². The minimum atomic E-state index is 0.0815. The highest BCUT2D eigenvalue weighted by atomic mass is 32.2. The number of carbonyl (C=O) groups excluding carboxylic acids is 1. The summed E-state index contributed by atoms with van der Waals surface area (Å²) < 4.78 is 5.17. The van der Waals surface area contributed by atoms with E-state index < -0.39 is 0 Å². The van der Waals surface area contributed by atoms with Gasteiger partial charge in [0, 0.05) is 6.42 Å². The van der Waals surface area contributed by atoms with E-state index in [1.54, 1.807) is 6.26 Å². The van der Waals surface area contributed by atoms with Crippen LogP contribution in [0.25, 0.3) is 0 Å². The van der Waals surface area contributed by atoms with Gasteiger partial charge in [0.25, 0.3) is 5.22 Å². The topological polar surface area (TPSA) is 43.1 Å². The summed E-state index contributed by atoms with van der Waals surface area (Å²) in [5.74, 6) is 0.334. The maximum absolute atomic E-state index is 11.3. The molecular weight excluding hydrogens is 186 g/mol. The van der Waals surface area contributed by atoms with Crippen molar-refractivity contribution in [3.05, 3.63) is 12.0 Å². The normalized spacial score (nSPS) is 22.5. The monoisotopic (exact) mass is 197 g/mol. The lowest BCUT2D eigenvalue weighted by Crippen LogP contribution is -2.07. The van der Waals surface area contributed by atoms with Gasteiger partial charge in [-0.3, -0.25) is 4.79 Å². The number of nitrogens with zero attached hydrogens (tertiary/aromatic N) is 1. The fraction of sp³-hybridized carbons (Fsp3) is 0.556. The molecule has 1 aliphatic rings. The van der Waals surface area contributed by atoms with E-state index in [1.165, 1.54) is 11.8 Å². The second-order valence-corrected chi connectivity index (χ2v) is 4.37. The zero-order valence-electron chi connectivity index (χ0n) is 7.45. The molecule has 0 saturated heterocycles. The second kappa shape index (κ2) is 3.54. The summed E-state index contributed by atoms with van der Waals surface area (Å²) in [4.78, 5) is 15.4. The lowest BCUT2D eigenvalue weighted by molar-refractivity contribution is -0.116. The first-order valence-electron chi connectivity index (χ1n) is 4.37. The molecule has 0 bridgehead atoms. The number of carbonyl (C=O) groups is 1. The number of hydrogen-bond acceptors (Lipinski definition) is 4. The second-order valence-electron chi connectivity index (χ2n) is 3.22. The molecule has 4 heteroatoms. The molecular formula is C9H11NO2S. The third-order valence-electron chi connectivity index (χ3n) is 2.09. The smallest absolute Gasteiger partial charge is 0.256 e. The van der Waals surface area contributed by atoms with Gasteiger partial charge < -0.3 is 4.42 Å². The number of aromatic nitrogens is 1. The van der Waals surface area contributed by atoms with Crippen molar-refractivity contribution in [3.63, 3.8) is 0 Å². The number of Topliss-reactive ketones (excluding diaryl/α,β-unsaturated/α-hetero) is 1. The zero-order valence-corrected chi connectivity index (χ0v) is 8.26. The highest BCUT2D eigenvalue weighted by molar-refractivity contribution is 8.00. The fourth-order valence-electron chi connectivity index (χ4n) is 1.42. The molecule has 1 aliphatic carbocycles. The number of hydrogen-bond donors (Lipinski definition) is 0.